The number of unbranched alkanes of at least 4 members (excludes halogenated alkanes) is 1. The summed E-state index contributed by atoms with van der Waals surface area (Å²) in [5, 5.41) is 9.17. The van der Waals surface area contributed by atoms with E-state index in [-0.39, 0.29) is 18.9 Å². The molecule has 5 nitrogen and oxygen atoms in total. The van der Waals surface area contributed by atoms with Gasteiger partial charge in [0.1, 0.15) is 0 Å². The van der Waals surface area contributed by atoms with Crippen LogP contribution >= 0.6 is 0 Å². The third kappa shape index (κ3) is 4.31. The number of carbonyl (C=O) groups excluding carboxylic acids is 1. The zero-order valence-corrected chi connectivity index (χ0v) is 13.0. The summed E-state index contributed by atoms with van der Waals surface area (Å²) in [6.07, 6.45) is 3.60. The number of morpholine rings is 1. The van der Waals surface area contributed by atoms with E-state index >= 15 is 0 Å². The van der Waals surface area contributed by atoms with E-state index < -0.39 is 12.0 Å². The summed E-state index contributed by atoms with van der Waals surface area (Å²) in [5.74, 6) is -1.17. The molecular formula is C17H23NO4. The lowest BCUT2D eigenvalue weighted by molar-refractivity contribution is -0.158. The van der Waals surface area contributed by atoms with Gasteiger partial charge in [-0.2, -0.15) is 0 Å². The maximum absolute atomic E-state index is 12.3. The highest BCUT2D eigenvalue weighted by Crippen LogP contribution is 2.13. The molecule has 22 heavy (non-hydrogen) atoms. The predicted molar refractivity (Wildman–Crippen MR) is 82.7 cm³/mol. The number of carbonyl (C=O) groups is 2. The van der Waals surface area contributed by atoms with E-state index in [1.807, 2.05) is 24.3 Å². The zero-order valence-electron chi connectivity index (χ0n) is 13.0. The first-order chi connectivity index (χ1) is 10.6. The summed E-state index contributed by atoms with van der Waals surface area (Å²) in [4.78, 5) is 25.0. The van der Waals surface area contributed by atoms with Crippen molar-refractivity contribution in [2.45, 2.75) is 38.6 Å². The Kier molecular flexibility index (Phi) is 5.95. The standard InChI is InChI=1S/C17H23NO4/c1-2-3-4-13-5-7-14(8-6-13)11-16(19)18-9-10-22-12-15(18)17(20)21/h5-8,15H,2-4,9-12H2,1H3,(H,20,21). The normalized spacial score (nSPS) is 18.2. The van der Waals surface area contributed by atoms with Crippen LogP contribution in [-0.2, 0) is 27.2 Å². The van der Waals surface area contributed by atoms with Crippen LogP contribution in [0.15, 0.2) is 24.3 Å². The molecule has 1 atom stereocenters. The van der Waals surface area contributed by atoms with E-state index in [0.29, 0.717) is 13.2 Å². The SMILES string of the molecule is CCCCc1ccc(CC(=O)N2CCOCC2C(=O)O)cc1. The number of carboxylic acids is 1. The van der Waals surface area contributed by atoms with Crippen molar-refractivity contribution in [1.82, 2.24) is 4.90 Å². The van der Waals surface area contributed by atoms with Gasteiger partial charge in [0, 0.05) is 6.54 Å². The first-order valence-corrected chi connectivity index (χ1v) is 7.79. The van der Waals surface area contributed by atoms with E-state index in [4.69, 9.17) is 9.84 Å². The Balaban J connectivity index is 1.96. The average molecular weight is 305 g/mol. The number of ether oxygens (including phenoxy) is 1. The Bertz CT molecular complexity index is 512. The molecule has 0 aliphatic carbocycles. The fraction of sp³-hybridized carbons (Fsp3) is 0.529. The molecule has 1 N–H and O–H groups in total. The van der Waals surface area contributed by atoms with Gasteiger partial charge in [-0.05, 0) is 24.0 Å². The van der Waals surface area contributed by atoms with Gasteiger partial charge in [-0.1, -0.05) is 37.6 Å². The van der Waals surface area contributed by atoms with Crippen LogP contribution in [0.4, 0.5) is 0 Å². The molecule has 1 saturated heterocycles. The Morgan fingerprint density at radius 2 is 1.95 bits per heavy atom. The third-order valence-electron chi connectivity index (χ3n) is 3.93. The van der Waals surface area contributed by atoms with Crippen LogP contribution in [0.3, 0.4) is 0 Å². The molecule has 0 bridgehead atoms. The highest BCUT2D eigenvalue weighted by molar-refractivity contribution is 5.85. The lowest BCUT2D eigenvalue weighted by atomic mass is 10.0. The molecule has 2 rings (SSSR count). The van der Waals surface area contributed by atoms with Crippen LogP contribution in [0.5, 0.6) is 0 Å². The summed E-state index contributed by atoms with van der Waals surface area (Å²) >= 11 is 0. The number of hydrogen-bond donors (Lipinski definition) is 1. The number of hydrogen-bond acceptors (Lipinski definition) is 3. The molecule has 1 unspecified atom stereocenters. The van der Waals surface area contributed by atoms with Gasteiger partial charge in [0.05, 0.1) is 19.6 Å². The third-order valence-corrected chi connectivity index (χ3v) is 3.93. The summed E-state index contributed by atoms with van der Waals surface area (Å²) in [5.41, 5.74) is 2.19. The quantitative estimate of drug-likeness (QED) is 0.871. The van der Waals surface area contributed by atoms with Crippen LogP contribution in [0, 0.1) is 0 Å². The molecule has 1 aromatic rings. The Morgan fingerprint density at radius 3 is 2.59 bits per heavy atom. The number of amides is 1. The van der Waals surface area contributed by atoms with Crippen molar-refractivity contribution in [2.24, 2.45) is 0 Å². The van der Waals surface area contributed by atoms with E-state index in [0.717, 1.165) is 24.8 Å². The number of nitrogens with zero attached hydrogens (tertiary/aromatic N) is 1. The van der Waals surface area contributed by atoms with E-state index in [9.17, 15) is 9.59 Å². The minimum absolute atomic E-state index is 0.0665. The summed E-state index contributed by atoms with van der Waals surface area (Å²) < 4.78 is 5.15. The van der Waals surface area contributed by atoms with Gasteiger partial charge in [0.2, 0.25) is 5.91 Å². The van der Waals surface area contributed by atoms with Gasteiger partial charge in [-0.15, -0.1) is 0 Å². The van der Waals surface area contributed by atoms with E-state index in [1.165, 1.54) is 10.5 Å². The van der Waals surface area contributed by atoms with E-state index in [1.54, 1.807) is 0 Å². The maximum Gasteiger partial charge on any atom is 0.328 e. The first kappa shape index (κ1) is 16.5. The number of benzene rings is 1. The van der Waals surface area contributed by atoms with E-state index in [2.05, 4.69) is 6.92 Å². The van der Waals surface area contributed by atoms with Gasteiger partial charge in [0.25, 0.3) is 0 Å². The molecule has 5 heteroatoms. The largest absolute Gasteiger partial charge is 0.480 e. The van der Waals surface area contributed by atoms with Crippen molar-refractivity contribution in [2.75, 3.05) is 19.8 Å². The lowest BCUT2D eigenvalue weighted by Crippen LogP contribution is -2.53. The molecular weight excluding hydrogens is 282 g/mol. The second-order valence-electron chi connectivity index (χ2n) is 5.61. The second kappa shape index (κ2) is 7.94. The van der Waals surface area contributed by atoms with Crippen molar-refractivity contribution in [3.05, 3.63) is 35.4 Å². The average Bonchev–Trinajstić information content (AvgIpc) is 2.54. The van der Waals surface area contributed by atoms with Gasteiger partial charge in [-0.3, -0.25) is 4.79 Å². The zero-order chi connectivity index (χ0) is 15.9. The Labute approximate surface area is 130 Å². The molecule has 0 radical (unpaired) electrons. The minimum atomic E-state index is -1.01. The number of rotatable bonds is 6. The highest BCUT2D eigenvalue weighted by atomic mass is 16.5. The highest BCUT2D eigenvalue weighted by Gasteiger charge is 2.32. The molecule has 1 aliphatic rings. The van der Waals surface area contributed by atoms with Gasteiger partial charge in [-0.25, -0.2) is 4.79 Å². The molecule has 0 aromatic heterocycles. The van der Waals surface area contributed by atoms with Crippen LogP contribution in [0.1, 0.15) is 30.9 Å². The minimum Gasteiger partial charge on any atom is -0.480 e. The van der Waals surface area contributed by atoms with Crippen molar-refractivity contribution in [3.63, 3.8) is 0 Å². The first-order valence-electron chi connectivity index (χ1n) is 7.79. The molecule has 1 aromatic carbocycles. The van der Waals surface area contributed by atoms with Crippen LogP contribution in [-0.4, -0.2) is 47.7 Å². The predicted octanol–water partition coefficient (Wildman–Crippen LogP) is 1.88. The number of aryl methyl sites for hydroxylation is 1. The second-order valence-corrected chi connectivity index (χ2v) is 5.61. The monoisotopic (exact) mass is 305 g/mol. The van der Waals surface area contributed by atoms with Gasteiger partial charge >= 0.3 is 5.97 Å². The van der Waals surface area contributed by atoms with Crippen LogP contribution < -0.4 is 0 Å². The maximum atomic E-state index is 12.3. The van der Waals surface area contributed by atoms with Crippen molar-refractivity contribution in [3.8, 4) is 0 Å². The topological polar surface area (TPSA) is 66.8 Å². The van der Waals surface area contributed by atoms with Crippen molar-refractivity contribution in [1.29, 1.82) is 0 Å². The molecule has 1 fully saturated rings. The fourth-order valence-electron chi connectivity index (χ4n) is 2.59. The summed E-state index contributed by atoms with van der Waals surface area (Å²) in [6.45, 7) is 2.96. The Hall–Kier alpha value is -1.88. The number of aliphatic carboxylic acids is 1. The molecule has 1 aliphatic heterocycles. The smallest absolute Gasteiger partial charge is 0.328 e. The van der Waals surface area contributed by atoms with Crippen molar-refractivity contribution >= 4 is 11.9 Å². The van der Waals surface area contributed by atoms with Gasteiger partial charge < -0.3 is 14.7 Å². The van der Waals surface area contributed by atoms with Crippen molar-refractivity contribution < 1.29 is 19.4 Å². The lowest BCUT2D eigenvalue weighted by Gasteiger charge is -2.32. The number of carboxylic acid groups (broad SMARTS) is 1. The Morgan fingerprint density at radius 1 is 1.27 bits per heavy atom. The van der Waals surface area contributed by atoms with Crippen LogP contribution in [0.25, 0.3) is 0 Å². The molecule has 120 valence electrons. The fourth-order valence-corrected chi connectivity index (χ4v) is 2.59. The van der Waals surface area contributed by atoms with Crippen LogP contribution in [0.2, 0.25) is 0 Å². The summed E-state index contributed by atoms with van der Waals surface area (Å²) in [7, 11) is 0. The summed E-state index contributed by atoms with van der Waals surface area (Å²) in [6, 6.07) is 7.14. The molecule has 0 saturated carbocycles. The molecule has 0 spiro atoms. The van der Waals surface area contributed by atoms with Gasteiger partial charge in [0.15, 0.2) is 6.04 Å². The molecule has 1 amide bonds. The molecule has 1 heterocycles.